The first kappa shape index (κ1) is 12.6. The minimum atomic E-state index is -0.0562. The summed E-state index contributed by atoms with van der Waals surface area (Å²) in [6.07, 6.45) is 4.24. The fourth-order valence-corrected chi connectivity index (χ4v) is 3.05. The lowest BCUT2D eigenvalue weighted by molar-refractivity contribution is -0.122. The third-order valence-electron chi connectivity index (χ3n) is 4.36. The van der Waals surface area contributed by atoms with E-state index in [2.05, 4.69) is 22.3 Å². The van der Waals surface area contributed by atoms with Gasteiger partial charge in [0, 0.05) is 18.0 Å². The van der Waals surface area contributed by atoms with Crippen molar-refractivity contribution in [2.45, 2.75) is 37.8 Å². The lowest BCUT2D eigenvalue weighted by Crippen LogP contribution is -2.44. The van der Waals surface area contributed by atoms with Crippen molar-refractivity contribution in [1.82, 2.24) is 10.3 Å². The Labute approximate surface area is 124 Å². The molecule has 1 saturated carbocycles. The second kappa shape index (κ2) is 5.02. The number of hydrogen-bond acceptors (Lipinski definition) is 3. The van der Waals surface area contributed by atoms with Crippen molar-refractivity contribution in [3.05, 3.63) is 36.4 Å². The Bertz CT molecular complexity index is 681. The predicted octanol–water partition coefficient (Wildman–Crippen LogP) is 2.48. The van der Waals surface area contributed by atoms with Crippen LogP contribution in [0.3, 0.4) is 0 Å². The van der Waals surface area contributed by atoms with E-state index in [0.29, 0.717) is 6.04 Å². The Kier molecular flexibility index (Phi) is 3.02. The zero-order valence-corrected chi connectivity index (χ0v) is 12.0. The van der Waals surface area contributed by atoms with Gasteiger partial charge in [-0.3, -0.25) is 4.79 Å². The first-order chi connectivity index (χ1) is 10.3. The molecule has 2 aliphatic rings. The first-order valence-electron chi connectivity index (χ1n) is 7.74. The summed E-state index contributed by atoms with van der Waals surface area (Å²) >= 11 is 0. The molecule has 2 fully saturated rings. The lowest BCUT2D eigenvalue weighted by Gasteiger charge is -2.25. The molecule has 1 amide bonds. The molecule has 1 unspecified atom stereocenters. The lowest BCUT2D eigenvalue weighted by atomic mass is 10.2. The Morgan fingerprint density at radius 1 is 1.14 bits per heavy atom. The molecule has 1 aromatic heterocycles. The van der Waals surface area contributed by atoms with Crippen LogP contribution in [-0.2, 0) is 4.79 Å². The number of hydrogen-bond donors (Lipinski definition) is 1. The van der Waals surface area contributed by atoms with Crippen LogP contribution in [0, 0.1) is 0 Å². The predicted molar refractivity (Wildman–Crippen MR) is 83.3 cm³/mol. The van der Waals surface area contributed by atoms with Crippen LogP contribution in [0.15, 0.2) is 36.4 Å². The number of anilines is 1. The number of nitrogens with one attached hydrogen (secondary N) is 1. The van der Waals surface area contributed by atoms with Gasteiger partial charge in [-0.1, -0.05) is 18.2 Å². The highest BCUT2D eigenvalue weighted by molar-refractivity contribution is 5.87. The van der Waals surface area contributed by atoms with Crippen LogP contribution in [0.2, 0.25) is 0 Å². The number of fused-ring (bicyclic) bond motifs is 1. The third kappa shape index (κ3) is 2.46. The monoisotopic (exact) mass is 281 g/mol. The topological polar surface area (TPSA) is 45.2 Å². The fourth-order valence-electron chi connectivity index (χ4n) is 3.05. The van der Waals surface area contributed by atoms with Crippen molar-refractivity contribution in [3.8, 4) is 0 Å². The summed E-state index contributed by atoms with van der Waals surface area (Å²) in [7, 11) is 0. The van der Waals surface area contributed by atoms with Gasteiger partial charge in [0.05, 0.1) is 5.52 Å². The van der Waals surface area contributed by atoms with Crippen molar-refractivity contribution < 1.29 is 4.79 Å². The number of amides is 1. The van der Waals surface area contributed by atoms with Crippen LogP contribution in [0.25, 0.3) is 10.9 Å². The number of pyridine rings is 1. The molecule has 1 N–H and O–H groups in total. The fraction of sp³-hybridized carbons (Fsp3) is 0.412. The largest absolute Gasteiger partial charge is 0.352 e. The van der Waals surface area contributed by atoms with Crippen LogP contribution >= 0.6 is 0 Å². The van der Waals surface area contributed by atoms with Crippen LogP contribution in [0.4, 0.5) is 5.82 Å². The molecule has 4 heteroatoms. The van der Waals surface area contributed by atoms with Gasteiger partial charge in [-0.25, -0.2) is 4.98 Å². The number of rotatable bonds is 3. The van der Waals surface area contributed by atoms with Gasteiger partial charge < -0.3 is 10.2 Å². The number of benzene rings is 1. The molecule has 2 aromatic rings. The number of aromatic nitrogens is 1. The summed E-state index contributed by atoms with van der Waals surface area (Å²) in [4.78, 5) is 19.2. The highest BCUT2D eigenvalue weighted by Gasteiger charge is 2.34. The Hall–Kier alpha value is -2.10. The van der Waals surface area contributed by atoms with Crippen LogP contribution in [0.1, 0.15) is 25.7 Å². The highest BCUT2D eigenvalue weighted by atomic mass is 16.2. The summed E-state index contributed by atoms with van der Waals surface area (Å²) in [5, 5.41) is 4.26. The van der Waals surface area contributed by atoms with Gasteiger partial charge in [0.25, 0.3) is 0 Å². The summed E-state index contributed by atoms with van der Waals surface area (Å²) in [5.41, 5.74) is 0.989. The third-order valence-corrected chi connectivity index (χ3v) is 4.36. The maximum atomic E-state index is 12.4. The van der Waals surface area contributed by atoms with Crippen LogP contribution in [-0.4, -0.2) is 29.5 Å². The van der Waals surface area contributed by atoms with Gasteiger partial charge in [0.15, 0.2) is 0 Å². The minimum absolute atomic E-state index is 0.0562. The van der Waals surface area contributed by atoms with E-state index in [4.69, 9.17) is 4.98 Å². The molecule has 4 nitrogen and oxygen atoms in total. The Balaban J connectivity index is 1.61. The van der Waals surface area contributed by atoms with Crippen LogP contribution in [0.5, 0.6) is 0 Å². The number of carbonyl (C=O) groups is 1. The van der Waals surface area contributed by atoms with Gasteiger partial charge in [0.1, 0.15) is 11.9 Å². The maximum Gasteiger partial charge on any atom is 0.242 e. The van der Waals surface area contributed by atoms with E-state index >= 15 is 0 Å². The van der Waals surface area contributed by atoms with Crippen molar-refractivity contribution in [2.24, 2.45) is 0 Å². The molecule has 2 heterocycles. The van der Waals surface area contributed by atoms with Crippen molar-refractivity contribution >= 4 is 22.6 Å². The Morgan fingerprint density at radius 2 is 2.00 bits per heavy atom. The second-order valence-corrected chi connectivity index (χ2v) is 6.00. The molecule has 1 saturated heterocycles. The van der Waals surface area contributed by atoms with Crippen molar-refractivity contribution in [2.75, 3.05) is 11.4 Å². The quantitative estimate of drug-likeness (QED) is 0.940. The summed E-state index contributed by atoms with van der Waals surface area (Å²) in [6, 6.07) is 12.6. The second-order valence-electron chi connectivity index (χ2n) is 6.00. The molecule has 21 heavy (non-hydrogen) atoms. The first-order valence-corrected chi connectivity index (χ1v) is 7.74. The molecule has 0 bridgehead atoms. The molecular formula is C17H19N3O. The smallest absolute Gasteiger partial charge is 0.242 e. The van der Waals surface area contributed by atoms with Crippen molar-refractivity contribution in [3.63, 3.8) is 0 Å². The summed E-state index contributed by atoms with van der Waals surface area (Å²) in [5.74, 6) is 1.09. The van der Waals surface area contributed by atoms with Gasteiger partial charge in [-0.2, -0.15) is 0 Å². The summed E-state index contributed by atoms with van der Waals surface area (Å²) < 4.78 is 0. The van der Waals surface area contributed by atoms with E-state index in [1.807, 2.05) is 24.3 Å². The SMILES string of the molecule is O=C(NC1CC1)C1CCCN1c1ccc2ccccc2n1. The van der Waals surface area contributed by atoms with E-state index in [0.717, 1.165) is 48.9 Å². The average molecular weight is 281 g/mol. The number of nitrogens with zero attached hydrogens (tertiary/aromatic N) is 2. The maximum absolute atomic E-state index is 12.4. The van der Waals surface area contributed by atoms with Crippen LogP contribution < -0.4 is 10.2 Å². The number of para-hydroxylation sites is 1. The zero-order chi connectivity index (χ0) is 14.2. The highest BCUT2D eigenvalue weighted by Crippen LogP contribution is 2.27. The van der Waals surface area contributed by atoms with Crippen molar-refractivity contribution in [1.29, 1.82) is 0 Å². The molecule has 1 aliphatic carbocycles. The molecule has 1 aromatic carbocycles. The van der Waals surface area contributed by atoms with Gasteiger partial charge >= 0.3 is 0 Å². The van der Waals surface area contributed by atoms with E-state index < -0.39 is 0 Å². The molecule has 0 radical (unpaired) electrons. The van der Waals surface area contributed by atoms with Gasteiger partial charge in [-0.15, -0.1) is 0 Å². The molecular weight excluding hydrogens is 262 g/mol. The Morgan fingerprint density at radius 3 is 2.86 bits per heavy atom. The van der Waals surface area contributed by atoms with Gasteiger partial charge in [-0.05, 0) is 43.9 Å². The summed E-state index contributed by atoms with van der Waals surface area (Å²) in [6.45, 7) is 0.911. The normalized spacial score (nSPS) is 21.7. The standard InChI is InChI=1S/C17H19N3O/c21-17(18-13-8-9-13)15-6-3-11-20(15)16-10-7-12-4-1-2-5-14(12)19-16/h1-2,4-5,7,10,13,15H,3,6,8-9,11H2,(H,18,21). The number of carbonyl (C=O) groups excluding carboxylic acids is 1. The van der Waals surface area contributed by atoms with Gasteiger partial charge in [0.2, 0.25) is 5.91 Å². The van der Waals surface area contributed by atoms with E-state index in [1.165, 1.54) is 0 Å². The molecule has 1 aliphatic heterocycles. The average Bonchev–Trinajstić information content (AvgIpc) is 3.18. The molecule has 0 spiro atoms. The zero-order valence-electron chi connectivity index (χ0n) is 12.0. The van der Waals surface area contributed by atoms with E-state index in [-0.39, 0.29) is 11.9 Å². The molecule has 4 rings (SSSR count). The van der Waals surface area contributed by atoms with E-state index in [9.17, 15) is 4.79 Å². The van der Waals surface area contributed by atoms with E-state index in [1.54, 1.807) is 0 Å². The molecule has 108 valence electrons. The minimum Gasteiger partial charge on any atom is -0.352 e. The molecule has 1 atom stereocenters.